The summed E-state index contributed by atoms with van der Waals surface area (Å²) < 4.78 is 23.5. The average Bonchev–Trinajstić information content (AvgIpc) is 3.92. The Bertz CT molecular complexity index is 2070. The van der Waals surface area contributed by atoms with Gasteiger partial charge in [-0.25, -0.2) is 9.59 Å². The van der Waals surface area contributed by atoms with Gasteiger partial charge in [0.05, 0.1) is 37.6 Å². The maximum Gasteiger partial charge on any atom is 0.411 e. The molecule has 1 saturated heterocycles. The van der Waals surface area contributed by atoms with Crippen molar-refractivity contribution in [2.45, 2.75) is 103 Å². The highest BCUT2D eigenvalue weighted by Crippen LogP contribution is 2.55. The summed E-state index contributed by atoms with van der Waals surface area (Å²) in [5, 5.41) is 20.9. The fourth-order valence-electron chi connectivity index (χ4n) is 8.74. The Morgan fingerprint density at radius 1 is 0.873 bits per heavy atom. The van der Waals surface area contributed by atoms with Gasteiger partial charge in [0.15, 0.2) is 5.75 Å². The molecule has 5 rings (SSSR count). The van der Waals surface area contributed by atoms with E-state index in [1.165, 1.54) is 13.2 Å². The van der Waals surface area contributed by atoms with Crippen LogP contribution in [-0.4, -0.2) is 93.7 Å². The minimum Gasteiger partial charge on any atom is -0.540 e. The molecule has 2 fully saturated rings. The molecule has 0 bridgehead atoms. The summed E-state index contributed by atoms with van der Waals surface area (Å²) in [6.07, 6.45) is 2.73. The molecule has 5 amide bonds. The third-order valence-electron chi connectivity index (χ3n) is 12.1. The van der Waals surface area contributed by atoms with Crippen LogP contribution in [0.5, 0.6) is 11.5 Å². The van der Waals surface area contributed by atoms with Gasteiger partial charge in [0.1, 0.15) is 25.0 Å². The zero-order valence-corrected chi connectivity index (χ0v) is 38.5. The molecule has 15 nitrogen and oxygen atoms in total. The quantitative estimate of drug-likeness (QED) is 0.0559. The van der Waals surface area contributed by atoms with Crippen molar-refractivity contribution in [3.63, 3.8) is 0 Å². The number of likely N-dealkylation sites (tertiary alicyclic amines) is 1. The number of methoxy groups -OCH3 is 1. The number of ether oxygens (including phenoxy) is 3. The van der Waals surface area contributed by atoms with Gasteiger partial charge in [0.25, 0.3) is 14.2 Å². The Morgan fingerprint density at radius 3 is 2.13 bits per heavy atom. The third-order valence-corrected chi connectivity index (χ3v) is 18.1. The number of alkyl carbamates (subject to hydrolysis) is 1. The predicted molar refractivity (Wildman–Crippen MR) is 243 cm³/mol. The number of carbonyl (C=O) groups excluding carboxylic acids is 5. The van der Waals surface area contributed by atoms with Crippen LogP contribution in [0.1, 0.15) is 82.3 Å². The number of nitrogens with zero attached hydrogens (tertiary/aromatic N) is 1. The van der Waals surface area contributed by atoms with Gasteiger partial charge in [0, 0.05) is 24.7 Å². The number of nitrogens with one attached hydrogen (secondary N) is 4. The first-order valence-electron chi connectivity index (χ1n) is 21.6. The first-order valence-corrected chi connectivity index (χ1v) is 23.7. The molecule has 3 aromatic rings. The van der Waals surface area contributed by atoms with Crippen LogP contribution in [0.3, 0.4) is 0 Å². The van der Waals surface area contributed by atoms with Gasteiger partial charge in [-0.15, -0.1) is 0 Å². The first kappa shape index (κ1) is 48.2. The number of benzene rings is 3. The van der Waals surface area contributed by atoms with Crippen LogP contribution in [-0.2, 0) is 32.1 Å². The van der Waals surface area contributed by atoms with Gasteiger partial charge in [-0.05, 0) is 70.6 Å². The normalized spacial score (nSPS) is 15.7. The lowest BCUT2D eigenvalue weighted by atomic mass is 10.0. The van der Waals surface area contributed by atoms with E-state index in [1.54, 1.807) is 41.3 Å². The highest BCUT2D eigenvalue weighted by molar-refractivity contribution is 6.78. The van der Waals surface area contributed by atoms with E-state index in [9.17, 15) is 29.1 Å². The Kier molecular flexibility index (Phi) is 16.4. The van der Waals surface area contributed by atoms with Crippen LogP contribution in [0.2, 0.25) is 16.6 Å². The van der Waals surface area contributed by atoms with Crippen molar-refractivity contribution in [1.29, 1.82) is 0 Å². The summed E-state index contributed by atoms with van der Waals surface area (Å²) >= 11 is 0. The molecule has 0 radical (unpaired) electrons. The van der Waals surface area contributed by atoms with Crippen LogP contribution in [0.4, 0.5) is 21.0 Å². The standard InChI is InChI=1S/C47H63N5O10Si/c1-9-21-60-45(57)51-39(22-33-13-11-10-12-14-33)43(55)48-26-42(54)49-35-17-15-34(16-18-35)28-61-46(58)50-38-24-41(62-63(30(2)3,31(4)5)32(6)7)40(59-8)23-37(38)44(56)52-29-47(19-20-47)25-36(52)27-53/h9-18,23-24,30-32,36,39,53H,1,19-22,25-29H2,2-8H3,(H,48,55)(H,49,54)(H,50,58)(H,51,57)/t36-,39-/m0/s1. The molecular weight excluding hydrogens is 823 g/mol. The van der Waals surface area contributed by atoms with Crippen LogP contribution in [0.25, 0.3) is 0 Å². The smallest absolute Gasteiger partial charge is 0.411 e. The molecule has 2 atom stereocenters. The third kappa shape index (κ3) is 12.2. The molecule has 1 saturated carbocycles. The average molecular weight is 886 g/mol. The second-order valence-electron chi connectivity index (χ2n) is 17.4. The lowest BCUT2D eigenvalue weighted by Gasteiger charge is -2.42. The van der Waals surface area contributed by atoms with Crippen molar-refractivity contribution in [2.75, 3.05) is 44.0 Å². The van der Waals surface area contributed by atoms with E-state index < -0.39 is 38.4 Å². The minimum absolute atomic E-state index is 0.0284. The second-order valence-corrected chi connectivity index (χ2v) is 22.8. The van der Waals surface area contributed by atoms with Gasteiger partial charge >= 0.3 is 12.2 Å². The SMILES string of the molecule is C=CCOC(=O)N[C@@H](Cc1ccccc1)C(=O)NCC(=O)Nc1ccc(COC(=O)Nc2cc(O[Si](C(C)C)(C(C)C)C(C)C)c(OC)cc2C(=O)N2CC3(CC3)C[C@H]2CO)cc1. The molecule has 1 aliphatic carbocycles. The summed E-state index contributed by atoms with van der Waals surface area (Å²) in [6, 6.07) is 17.6. The summed E-state index contributed by atoms with van der Waals surface area (Å²) in [5.74, 6) is -0.607. The molecule has 1 heterocycles. The van der Waals surface area contributed by atoms with Crippen LogP contribution < -0.4 is 30.4 Å². The van der Waals surface area contributed by atoms with E-state index in [2.05, 4.69) is 69.4 Å². The van der Waals surface area contributed by atoms with E-state index in [0.717, 1.165) is 24.8 Å². The highest BCUT2D eigenvalue weighted by Gasteiger charge is 2.53. The van der Waals surface area contributed by atoms with Crippen molar-refractivity contribution in [3.8, 4) is 11.5 Å². The molecule has 0 aromatic heterocycles. The van der Waals surface area contributed by atoms with E-state index in [1.807, 2.05) is 30.3 Å². The number of carbonyl (C=O) groups is 5. The molecular formula is C47H63N5O10Si. The van der Waals surface area contributed by atoms with E-state index in [4.69, 9.17) is 18.6 Å². The molecule has 16 heteroatoms. The van der Waals surface area contributed by atoms with Gasteiger partial charge < -0.3 is 44.6 Å². The molecule has 3 aromatic carbocycles. The predicted octanol–water partition coefficient (Wildman–Crippen LogP) is 7.56. The lowest BCUT2D eigenvalue weighted by molar-refractivity contribution is -0.125. The minimum atomic E-state index is -2.51. The van der Waals surface area contributed by atoms with Crippen LogP contribution in [0, 0.1) is 5.41 Å². The van der Waals surface area contributed by atoms with Crippen molar-refractivity contribution >= 4 is 49.6 Å². The van der Waals surface area contributed by atoms with Gasteiger partial charge in [-0.2, -0.15) is 0 Å². The first-order chi connectivity index (χ1) is 30.0. The second kappa shape index (κ2) is 21.5. The van der Waals surface area contributed by atoms with Crippen molar-refractivity contribution < 1.29 is 47.7 Å². The summed E-state index contributed by atoms with van der Waals surface area (Å²) in [4.78, 5) is 67.6. The summed E-state index contributed by atoms with van der Waals surface area (Å²) in [5.41, 5.74) is 2.99. The van der Waals surface area contributed by atoms with Crippen LogP contribution >= 0.6 is 0 Å². The topological polar surface area (TPSA) is 194 Å². The Labute approximate surface area is 371 Å². The Balaban J connectivity index is 1.24. The maximum atomic E-state index is 14.3. The fraction of sp³-hybridized carbons (Fsp3) is 0.468. The summed E-state index contributed by atoms with van der Waals surface area (Å²) in [6.45, 7) is 16.4. The number of aliphatic hydroxyl groups is 1. The fourth-order valence-corrected chi connectivity index (χ4v) is 14.0. The van der Waals surface area contributed by atoms with E-state index in [0.29, 0.717) is 29.3 Å². The molecule has 5 N–H and O–H groups in total. The molecule has 63 heavy (non-hydrogen) atoms. The Morgan fingerprint density at radius 2 is 1.54 bits per heavy atom. The largest absolute Gasteiger partial charge is 0.540 e. The number of amides is 5. The summed E-state index contributed by atoms with van der Waals surface area (Å²) in [7, 11) is -0.982. The number of aliphatic hydroxyl groups excluding tert-OH is 1. The zero-order valence-electron chi connectivity index (χ0n) is 37.5. The van der Waals surface area contributed by atoms with Crippen molar-refractivity contribution in [1.82, 2.24) is 15.5 Å². The van der Waals surface area contributed by atoms with Crippen LogP contribution in [0.15, 0.2) is 79.4 Å². The maximum absolute atomic E-state index is 14.3. The van der Waals surface area contributed by atoms with E-state index >= 15 is 0 Å². The molecule has 0 unspecified atom stereocenters. The molecule has 340 valence electrons. The lowest BCUT2D eigenvalue weighted by Crippen LogP contribution is -2.50. The van der Waals surface area contributed by atoms with Crippen molar-refractivity contribution in [3.05, 3.63) is 96.1 Å². The monoisotopic (exact) mass is 885 g/mol. The number of hydrogen-bond donors (Lipinski definition) is 5. The van der Waals surface area contributed by atoms with Gasteiger partial charge in [0.2, 0.25) is 11.8 Å². The molecule has 1 spiro atoms. The number of hydrogen-bond acceptors (Lipinski definition) is 10. The Hall–Kier alpha value is -5.87. The number of rotatable bonds is 20. The van der Waals surface area contributed by atoms with Gasteiger partial charge in [-0.3, -0.25) is 19.7 Å². The number of anilines is 2. The molecule has 1 aliphatic heterocycles. The van der Waals surface area contributed by atoms with Crippen molar-refractivity contribution in [2.24, 2.45) is 5.41 Å². The highest BCUT2D eigenvalue weighted by atomic mass is 28.4. The molecule has 2 aliphatic rings. The van der Waals surface area contributed by atoms with E-state index in [-0.39, 0.29) is 78.0 Å². The zero-order chi connectivity index (χ0) is 45.9. The van der Waals surface area contributed by atoms with Gasteiger partial charge in [-0.1, -0.05) is 96.7 Å².